The normalized spacial score (nSPS) is 13.0. The first-order chi connectivity index (χ1) is 11.3. The molecule has 128 valence electrons. The minimum Gasteiger partial charge on any atom is -0.387 e. The summed E-state index contributed by atoms with van der Waals surface area (Å²) in [5.41, 5.74) is 1.78. The Morgan fingerprint density at radius 3 is 2.17 bits per heavy atom. The molecule has 5 nitrogen and oxygen atoms in total. The zero-order valence-corrected chi connectivity index (χ0v) is 14.3. The molecule has 0 aliphatic rings. The molecule has 0 heterocycles. The smallest absolute Gasteiger partial charge is 0.269 e. The van der Waals surface area contributed by atoms with Gasteiger partial charge in [-0.1, -0.05) is 30.3 Å². The molecule has 0 radical (unpaired) electrons. The number of nitro benzene ring substituents is 1. The summed E-state index contributed by atoms with van der Waals surface area (Å²) in [5.74, 6) is 0. The van der Waals surface area contributed by atoms with E-state index in [1.165, 1.54) is 17.7 Å². The zero-order valence-electron chi connectivity index (χ0n) is 14.3. The third-order valence-corrected chi connectivity index (χ3v) is 4.05. The molecule has 1 atom stereocenters. The lowest BCUT2D eigenvalue weighted by molar-refractivity contribution is -0.384. The van der Waals surface area contributed by atoms with Crippen molar-refractivity contribution >= 4 is 5.69 Å². The van der Waals surface area contributed by atoms with E-state index in [0.717, 1.165) is 6.54 Å². The molecule has 1 unspecified atom stereocenters. The predicted molar refractivity (Wildman–Crippen MR) is 94.7 cm³/mol. The molecule has 2 rings (SSSR count). The number of nitro groups is 1. The molecular formula is C19H24N2O3. The van der Waals surface area contributed by atoms with Gasteiger partial charge in [-0.3, -0.25) is 15.0 Å². The largest absolute Gasteiger partial charge is 0.387 e. The molecule has 5 heteroatoms. The topological polar surface area (TPSA) is 66.6 Å². The molecular weight excluding hydrogens is 304 g/mol. The van der Waals surface area contributed by atoms with E-state index in [4.69, 9.17) is 0 Å². The van der Waals surface area contributed by atoms with E-state index >= 15 is 0 Å². The van der Waals surface area contributed by atoms with Crippen molar-refractivity contribution in [2.45, 2.75) is 39.0 Å². The minimum absolute atomic E-state index is 0.0305. The standard InChI is InChI=1S/C19H24N2O3/c1-19(2,3)20(13-15-7-5-4-6-8-15)14-18(22)16-9-11-17(12-10-16)21(23)24/h4-12,18,22H,13-14H2,1-3H3. The summed E-state index contributed by atoms with van der Waals surface area (Å²) >= 11 is 0. The fraction of sp³-hybridized carbons (Fsp3) is 0.368. The second-order valence-corrected chi connectivity index (χ2v) is 6.90. The highest BCUT2D eigenvalue weighted by Gasteiger charge is 2.24. The lowest BCUT2D eigenvalue weighted by Gasteiger charge is -2.37. The van der Waals surface area contributed by atoms with Crippen LogP contribution in [0.5, 0.6) is 0 Å². The van der Waals surface area contributed by atoms with Crippen molar-refractivity contribution in [2.75, 3.05) is 6.54 Å². The van der Waals surface area contributed by atoms with Gasteiger partial charge in [0, 0.05) is 30.8 Å². The highest BCUT2D eigenvalue weighted by Crippen LogP contribution is 2.24. The molecule has 0 amide bonds. The van der Waals surface area contributed by atoms with E-state index in [2.05, 4.69) is 37.8 Å². The minimum atomic E-state index is -0.700. The van der Waals surface area contributed by atoms with E-state index < -0.39 is 11.0 Å². The summed E-state index contributed by atoms with van der Waals surface area (Å²) in [4.78, 5) is 12.5. The maximum Gasteiger partial charge on any atom is 0.269 e. The van der Waals surface area contributed by atoms with Gasteiger partial charge in [0.25, 0.3) is 5.69 Å². The average Bonchev–Trinajstić information content (AvgIpc) is 2.54. The molecule has 1 N–H and O–H groups in total. The number of benzene rings is 2. The number of hydrogen-bond acceptors (Lipinski definition) is 4. The summed E-state index contributed by atoms with van der Waals surface area (Å²) in [6.45, 7) is 7.51. The van der Waals surface area contributed by atoms with Gasteiger partial charge in [0.1, 0.15) is 0 Å². The molecule has 2 aromatic rings. The maximum atomic E-state index is 10.7. The lowest BCUT2D eigenvalue weighted by atomic mass is 10.0. The van der Waals surface area contributed by atoms with Crippen LogP contribution in [0.15, 0.2) is 54.6 Å². The summed E-state index contributed by atoms with van der Waals surface area (Å²) in [6.07, 6.45) is -0.700. The zero-order chi connectivity index (χ0) is 17.7. The third kappa shape index (κ3) is 4.88. The monoisotopic (exact) mass is 328 g/mol. The second kappa shape index (κ2) is 7.55. The van der Waals surface area contributed by atoms with Crippen LogP contribution in [-0.4, -0.2) is 27.0 Å². The molecule has 0 saturated carbocycles. The van der Waals surface area contributed by atoms with Gasteiger partial charge in [-0.2, -0.15) is 0 Å². The highest BCUT2D eigenvalue weighted by molar-refractivity contribution is 5.33. The predicted octanol–water partition coefficient (Wildman–Crippen LogP) is 3.93. The summed E-state index contributed by atoms with van der Waals surface area (Å²) < 4.78 is 0. The number of β-amino-alcohol motifs (C(OH)–C–C–N with tert-alkyl or cyclic N) is 1. The summed E-state index contributed by atoms with van der Waals surface area (Å²) in [6, 6.07) is 16.2. The first kappa shape index (κ1) is 18.1. The Balaban J connectivity index is 2.12. The molecule has 2 aromatic carbocycles. The SMILES string of the molecule is CC(C)(C)N(Cc1ccccc1)CC(O)c1ccc([N+](=O)[O-])cc1. The quantitative estimate of drug-likeness (QED) is 0.644. The molecule has 0 saturated heterocycles. The van der Waals surface area contributed by atoms with Crippen molar-refractivity contribution in [3.63, 3.8) is 0 Å². The average molecular weight is 328 g/mol. The van der Waals surface area contributed by atoms with Crippen molar-refractivity contribution in [2.24, 2.45) is 0 Å². The van der Waals surface area contributed by atoms with Gasteiger partial charge < -0.3 is 5.11 Å². The van der Waals surface area contributed by atoms with Crippen LogP contribution in [0.2, 0.25) is 0 Å². The molecule has 0 aliphatic carbocycles. The van der Waals surface area contributed by atoms with Gasteiger partial charge in [0.05, 0.1) is 11.0 Å². The van der Waals surface area contributed by atoms with Crippen LogP contribution in [0.4, 0.5) is 5.69 Å². The van der Waals surface area contributed by atoms with Gasteiger partial charge in [-0.05, 0) is 44.0 Å². The van der Waals surface area contributed by atoms with Gasteiger partial charge in [-0.15, -0.1) is 0 Å². The number of hydrogen-bond donors (Lipinski definition) is 1. The maximum absolute atomic E-state index is 10.7. The molecule has 0 spiro atoms. The Morgan fingerprint density at radius 1 is 1.08 bits per heavy atom. The molecule has 0 aromatic heterocycles. The number of aliphatic hydroxyl groups is 1. The van der Waals surface area contributed by atoms with E-state index in [-0.39, 0.29) is 11.2 Å². The Hall–Kier alpha value is -2.24. The first-order valence-corrected chi connectivity index (χ1v) is 7.99. The van der Waals surface area contributed by atoms with Crippen LogP contribution in [0, 0.1) is 10.1 Å². The fourth-order valence-corrected chi connectivity index (χ4v) is 2.51. The van der Waals surface area contributed by atoms with Crippen LogP contribution >= 0.6 is 0 Å². The summed E-state index contributed by atoms with van der Waals surface area (Å²) in [7, 11) is 0. The van der Waals surface area contributed by atoms with Crippen LogP contribution in [0.3, 0.4) is 0 Å². The van der Waals surface area contributed by atoms with Crippen molar-refractivity contribution in [3.8, 4) is 0 Å². The van der Waals surface area contributed by atoms with Crippen molar-refractivity contribution in [3.05, 3.63) is 75.8 Å². The van der Waals surface area contributed by atoms with Crippen LogP contribution in [0.25, 0.3) is 0 Å². The van der Waals surface area contributed by atoms with E-state index in [1.807, 2.05) is 18.2 Å². The number of nitrogens with zero attached hydrogens (tertiary/aromatic N) is 2. The van der Waals surface area contributed by atoms with Crippen molar-refractivity contribution < 1.29 is 10.0 Å². The molecule has 0 bridgehead atoms. The van der Waals surface area contributed by atoms with E-state index in [1.54, 1.807) is 12.1 Å². The fourth-order valence-electron chi connectivity index (χ4n) is 2.51. The number of non-ortho nitro benzene ring substituents is 1. The van der Waals surface area contributed by atoms with Crippen LogP contribution in [0.1, 0.15) is 38.0 Å². The van der Waals surface area contributed by atoms with Crippen LogP contribution < -0.4 is 0 Å². The van der Waals surface area contributed by atoms with E-state index in [9.17, 15) is 15.2 Å². The number of aliphatic hydroxyl groups excluding tert-OH is 1. The highest BCUT2D eigenvalue weighted by atomic mass is 16.6. The van der Waals surface area contributed by atoms with Crippen LogP contribution in [-0.2, 0) is 6.54 Å². The van der Waals surface area contributed by atoms with E-state index in [0.29, 0.717) is 12.1 Å². The third-order valence-electron chi connectivity index (χ3n) is 4.05. The van der Waals surface area contributed by atoms with Crippen molar-refractivity contribution in [1.82, 2.24) is 4.90 Å². The van der Waals surface area contributed by atoms with Gasteiger partial charge in [-0.25, -0.2) is 0 Å². The van der Waals surface area contributed by atoms with Crippen molar-refractivity contribution in [1.29, 1.82) is 0 Å². The Labute approximate surface area is 142 Å². The Kier molecular flexibility index (Phi) is 5.70. The van der Waals surface area contributed by atoms with Gasteiger partial charge >= 0.3 is 0 Å². The molecule has 0 aliphatic heterocycles. The first-order valence-electron chi connectivity index (χ1n) is 7.99. The van der Waals surface area contributed by atoms with Gasteiger partial charge in [0.15, 0.2) is 0 Å². The second-order valence-electron chi connectivity index (χ2n) is 6.90. The molecule has 24 heavy (non-hydrogen) atoms. The summed E-state index contributed by atoms with van der Waals surface area (Å²) in [5, 5.41) is 21.3. The Morgan fingerprint density at radius 2 is 1.67 bits per heavy atom. The van der Waals surface area contributed by atoms with Gasteiger partial charge in [0.2, 0.25) is 0 Å². The molecule has 0 fully saturated rings. The number of rotatable bonds is 6. The lowest BCUT2D eigenvalue weighted by Crippen LogP contribution is -2.43. The Bertz CT molecular complexity index is 663.